The fraction of sp³-hybridized carbons (Fsp3) is 0.385. The molecule has 2 rings (SSSR count). The highest BCUT2D eigenvalue weighted by Crippen LogP contribution is 2.53. The fourth-order valence-corrected chi connectivity index (χ4v) is 2.14. The molecule has 17 heavy (non-hydrogen) atoms. The Morgan fingerprint density at radius 2 is 1.65 bits per heavy atom. The minimum atomic E-state index is 0.182. The second-order valence-electron chi connectivity index (χ2n) is 3.91. The summed E-state index contributed by atoms with van der Waals surface area (Å²) >= 11 is 0. The maximum absolute atomic E-state index is 5.44. The second kappa shape index (κ2) is 4.20. The molecule has 0 saturated heterocycles. The summed E-state index contributed by atoms with van der Waals surface area (Å²) < 4.78 is 21.6. The first-order chi connectivity index (χ1) is 8.11. The van der Waals surface area contributed by atoms with Crippen molar-refractivity contribution in [1.29, 1.82) is 0 Å². The fourth-order valence-electron chi connectivity index (χ4n) is 2.14. The van der Waals surface area contributed by atoms with Crippen LogP contribution < -0.4 is 18.9 Å². The average molecular weight is 236 g/mol. The van der Waals surface area contributed by atoms with Crippen molar-refractivity contribution in [1.82, 2.24) is 0 Å². The van der Waals surface area contributed by atoms with Gasteiger partial charge in [-0.2, -0.15) is 0 Å². The number of rotatable bonds is 3. The predicted molar refractivity (Wildman–Crippen MR) is 65.1 cm³/mol. The van der Waals surface area contributed by atoms with Crippen molar-refractivity contribution in [2.45, 2.75) is 13.8 Å². The zero-order valence-corrected chi connectivity index (χ0v) is 10.5. The van der Waals surface area contributed by atoms with Crippen LogP contribution in [0.2, 0.25) is 0 Å². The van der Waals surface area contributed by atoms with Gasteiger partial charge in [0.1, 0.15) is 0 Å². The molecule has 0 N–H and O–H groups in total. The first kappa shape index (κ1) is 11.6. The van der Waals surface area contributed by atoms with E-state index in [4.69, 9.17) is 18.9 Å². The largest absolute Gasteiger partial charge is 0.492 e. The lowest BCUT2D eigenvalue weighted by molar-refractivity contribution is 0.168. The summed E-state index contributed by atoms with van der Waals surface area (Å²) in [4.78, 5) is 0. The molecule has 92 valence electrons. The molecule has 0 unspecified atom stereocenters. The summed E-state index contributed by atoms with van der Waals surface area (Å²) in [5, 5.41) is 0. The van der Waals surface area contributed by atoms with Crippen molar-refractivity contribution in [2.24, 2.45) is 0 Å². The Morgan fingerprint density at radius 3 is 2.12 bits per heavy atom. The zero-order valence-electron chi connectivity index (χ0n) is 10.5. The number of allylic oxidation sites excluding steroid dienone is 1. The molecule has 0 radical (unpaired) electrons. The summed E-state index contributed by atoms with van der Waals surface area (Å²) in [5.74, 6) is 2.53. The quantitative estimate of drug-likeness (QED) is 0.808. The van der Waals surface area contributed by atoms with Crippen LogP contribution >= 0.6 is 0 Å². The molecule has 1 aliphatic heterocycles. The third kappa shape index (κ3) is 1.60. The van der Waals surface area contributed by atoms with Gasteiger partial charge in [0.2, 0.25) is 18.3 Å². The SMILES string of the molecule is C=C(C)c1c(C)c(OC)c2c(c1OC)OCO2. The van der Waals surface area contributed by atoms with E-state index in [1.54, 1.807) is 14.2 Å². The van der Waals surface area contributed by atoms with Crippen molar-refractivity contribution >= 4 is 5.57 Å². The Kier molecular flexibility index (Phi) is 2.88. The van der Waals surface area contributed by atoms with E-state index in [1.807, 2.05) is 13.8 Å². The Bertz CT molecular complexity index is 477. The summed E-state index contributed by atoms with van der Waals surface area (Å²) in [6.07, 6.45) is 0. The number of ether oxygens (including phenoxy) is 4. The molecule has 0 atom stereocenters. The van der Waals surface area contributed by atoms with Crippen LogP contribution in [0.4, 0.5) is 0 Å². The number of methoxy groups -OCH3 is 2. The van der Waals surface area contributed by atoms with E-state index in [9.17, 15) is 0 Å². The predicted octanol–water partition coefficient (Wildman–Crippen LogP) is 2.77. The van der Waals surface area contributed by atoms with Gasteiger partial charge in [0.05, 0.1) is 14.2 Å². The topological polar surface area (TPSA) is 36.9 Å². The molecule has 0 aliphatic carbocycles. The lowest BCUT2D eigenvalue weighted by Crippen LogP contribution is -1.98. The van der Waals surface area contributed by atoms with E-state index in [0.29, 0.717) is 23.0 Å². The monoisotopic (exact) mass is 236 g/mol. The van der Waals surface area contributed by atoms with Crippen LogP contribution in [0.5, 0.6) is 23.0 Å². The molecule has 1 aromatic carbocycles. The molecule has 0 fully saturated rings. The van der Waals surface area contributed by atoms with Crippen LogP contribution in [0, 0.1) is 6.92 Å². The molecule has 0 aromatic heterocycles. The van der Waals surface area contributed by atoms with Gasteiger partial charge in [-0.3, -0.25) is 0 Å². The summed E-state index contributed by atoms with van der Waals surface area (Å²) in [5.41, 5.74) is 2.76. The van der Waals surface area contributed by atoms with E-state index in [-0.39, 0.29) is 6.79 Å². The van der Waals surface area contributed by atoms with Crippen LogP contribution in [-0.2, 0) is 0 Å². The molecule has 0 saturated carbocycles. The number of benzene rings is 1. The van der Waals surface area contributed by atoms with Crippen molar-refractivity contribution in [3.8, 4) is 23.0 Å². The molecule has 1 aromatic rings. The first-order valence-electron chi connectivity index (χ1n) is 5.31. The standard InChI is InChI=1S/C13H16O4/c1-7(2)9-8(3)10(14-4)12-13(11(9)15-5)17-6-16-12/h1,6H2,2-5H3. The molecular weight excluding hydrogens is 220 g/mol. The minimum Gasteiger partial charge on any atom is -0.492 e. The molecular formula is C13H16O4. The van der Waals surface area contributed by atoms with Crippen LogP contribution in [0.1, 0.15) is 18.1 Å². The molecule has 4 nitrogen and oxygen atoms in total. The molecule has 0 bridgehead atoms. The third-order valence-corrected chi connectivity index (χ3v) is 2.80. The Labute approximate surface area is 101 Å². The Hall–Kier alpha value is -1.84. The molecule has 1 aliphatic rings. The van der Waals surface area contributed by atoms with Crippen LogP contribution in [0.3, 0.4) is 0 Å². The average Bonchev–Trinajstić information content (AvgIpc) is 2.75. The van der Waals surface area contributed by atoms with E-state index < -0.39 is 0 Å². The van der Waals surface area contributed by atoms with Gasteiger partial charge in [-0.15, -0.1) is 0 Å². The van der Waals surface area contributed by atoms with Gasteiger partial charge in [-0.05, 0) is 19.4 Å². The third-order valence-electron chi connectivity index (χ3n) is 2.80. The van der Waals surface area contributed by atoms with Gasteiger partial charge in [0, 0.05) is 11.1 Å². The van der Waals surface area contributed by atoms with Gasteiger partial charge < -0.3 is 18.9 Å². The lowest BCUT2D eigenvalue weighted by atomic mass is 9.99. The molecule has 1 heterocycles. The highest BCUT2D eigenvalue weighted by atomic mass is 16.7. The normalized spacial score (nSPS) is 12.5. The number of hydrogen-bond acceptors (Lipinski definition) is 4. The van der Waals surface area contributed by atoms with Crippen LogP contribution in [-0.4, -0.2) is 21.0 Å². The van der Waals surface area contributed by atoms with Gasteiger partial charge in [0.15, 0.2) is 11.5 Å². The van der Waals surface area contributed by atoms with E-state index in [2.05, 4.69) is 6.58 Å². The summed E-state index contributed by atoms with van der Waals surface area (Å²) in [6, 6.07) is 0. The number of fused-ring (bicyclic) bond motifs is 1. The van der Waals surface area contributed by atoms with Crippen molar-refractivity contribution in [2.75, 3.05) is 21.0 Å². The second-order valence-corrected chi connectivity index (χ2v) is 3.91. The van der Waals surface area contributed by atoms with E-state index >= 15 is 0 Å². The van der Waals surface area contributed by atoms with E-state index in [0.717, 1.165) is 16.7 Å². The summed E-state index contributed by atoms with van der Waals surface area (Å²) in [7, 11) is 3.22. The maximum Gasteiger partial charge on any atom is 0.231 e. The molecule has 0 amide bonds. The molecule has 0 spiro atoms. The highest BCUT2D eigenvalue weighted by molar-refractivity contribution is 5.79. The smallest absolute Gasteiger partial charge is 0.231 e. The van der Waals surface area contributed by atoms with Crippen LogP contribution in [0.25, 0.3) is 5.57 Å². The number of hydrogen-bond donors (Lipinski definition) is 0. The van der Waals surface area contributed by atoms with Crippen molar-refractivity contribution < 1.29 is 18.9 Å². The minimum absolute atomic E-state index is 0.182. The zero-order chi connectivity index (χ0) is 12.6. The first-order valence-corrected chi connectivity index (χ1v) is 5.31. The van der Waals surface area contributed by atoms with Gasteiger partial charge in [-0.25, -0.2) is 0 Å². The summed E-state index contributed by atoms with van der Waals surface area (Å²) in [6.45, 7) is 8.02. The van der Waals surface area contributed by atoms with Crippen molar-refractivity contribution in [3.63, 3.8) is 0 Å². The molecule has 4 heteroatoms. The maximum atomic E-state index is 5.44. The van der Waals surface area contributed by atoms with E-state index in [1.165, 1.54) is 0 Å². The van der Waals surface area contributed by atoms with Gasteiger partial charge in [-0.1, -0.05) is 6.58 Å². The van der Waals surface area contributed by atoms with Crippen molar-refractivity contribution in [3.05, 3.63) is 17.7 Å². The Balaban J connectivity index is 2.80. The highest BCUT2D eigenvalue weighted by Gasteiger charge is 2.29. The lowest BCUT2D eigenvalue weighted by Gasteiger charge is -2.17. The Morgan fingerprint density at radius 1 is 1.12 bits per heavy atom. The van der Waals surface area contributed by atoms with Gasteiger partial charge >= 0.3 is 0 Å². The van der Waals surface area contributed by atoms with Gasteiger partial charge in [0.25, 0.3) is 0 Å². The van der Waals surface area contributed by atoms with Crippen LogP contribution in [0.15, 0.2) is 6.58 Å².